The standard InChI is InChI=1S/C20H18N2O2/c1-2-19(23)21-15-9-6-10-16(13-15)22-20(24)18-12-5-8-14-7-3-4-11-17(14)18/h3-13H,2H2,1H3,(H,21,23)(H,22,24). The van der Waals surface area contributed by atoms with Crippen LogP contribution in [0.3, 0.4) is 0 Å². The Hall–Kier alpha value is -3.14. The third-order valence-electron chi connectivity index (χ3n) is 3.76. The number of anilines is 2. The fraction of sp³-hybridized carbons (Fsp3) is 0.100. The van der Waals surface area contributed by atoms with E-state index in [9.17, 15) is 9.59 Å². The summed E-state index contributed by atoms with van der Waals surface area (Å²) in [6.07, 6.45) is 0.409. The summed E-state index contributed by atoms with van der Waals surface area (Å²) < 4.78 is 0. The summed E-state index contributed by atoms with van der Waals surface area (Å²) in [5.74, 6) is -0.238. The van der Waals surface area contributed by atoms with Crippen LogP contribution in [0.1, 0.15) is 23.7 Å². The predicted octanol–water partition coefficient (Wildman–Crippen LogP) is 4.44. The van der Waals surface area contributed by atoms with Crippen molar-refractivity contribution in [3.8, 4) is 0 Å². The van der Waals surface area contributed by atoms with Crippen LogP contribution in [-0.2, 0) is 4.79 Å². The zero-order chi connectivity index (χ0) is 16.9. The van der Waals surface area contributed by atoms with Gasteiger partial charge in [0, 0.05) is 23.4 Å². The molecule has 24 heavy (non-hydrogen) atoms. The van der Waals surface area contributed by atoms with Crippen LogP contribution in [0.25, 0.3) is 10.8 Å². The number of hydrogen-bond acceptors (Lipinski definition) is 2. The van der Waals surface area contributed by atoms with E-state index >= 15 is 0 Å². The summed E-state index contributed by atoms with van der Waals surface area (Å²) in [6.45, 7) is 1.79. The lowest BCUT2D eigenvalue weighted by Crippen LogP contribution is -2.13. The molecule has 3 aromatic rings. The molecule has 0 fully saturated rings. The van der Waals surface area contributed by atoms with Gasteiger partial charge in [-0.3, -0.25) is 9.59 Å². The molecule has 3 aromatic carbocycles. The Morgan fingerprint density at radius 1 is 0.833 bits per heavy atom. The Kier molecular flexibility index (Phi) is 4.57. The van der Waals surface area contributed by atoms with Crippen molar-refractivity contribution in [3.63, 3.8) is 0 Å². The Morgan fingerprint density at radius 2 is 1.50 bits per heavy atom. The van der Waals surface area contributed by atoms with Crippen molar-refractivity contribution in [1.29, 1.82) is 0 Å². The molecule has 0 saturated carbocycles. The highest BCUT2D eigenvalue weighted by Crippen LogP contribution is 2.21. The molecule has 3 rings (SSSR count). The lowest BCUT2D eigenvalue weighted by Gasteiger charge is -2.10. The van der Waals surface area contributed by atoms with Gasteiger partial charge in [-0.25, -0.2) is 0 Å². The molecule has 0 bridgehead atoms. The Balaban J connectivity index is 1.84. The average molecular weight is 318 g/mol. The zero-order valence-corrected chi connectivity index (χ0v) is 13.4. The van der Waals surface area contributed by atoms with Gasteiger partial charge in [0.25, 0.3) is 5.91 Å². The van der Waals surface area contributed by atoms with E-state index in [-0.39, 0.29) is 11.8 Å². The minimum atomic E-state index is -0.175. The van der Waals surface area contributed by atoms with E-state index in [1.807, 2.05) is 36.4 Å². The van der Waals surface area contributed by atoms with E-state index in [1.54, 1.807) is 37.3 Å². The van der Waals surface area contributed by atoms with E-state index in [4.69, 9.17) is 0 Å². The lowest BCUT2D eigenvalue weighted by atomic mass is 10.0. The highest BCUT2D eigenvalue weighted by atomic mass is 16.2. The van der Waals surface area contributed by atoms with Crippen LogP contribution in [0.4, 0.5) is 11.4 Å². The summed E-state index contributed by atoms with van der Waals surface area (Å²) >= 11 is 0. The van der Waals surface area contributed by atoms with Crippen molar-refractivity contribution in [2.75, 3.05) is 10.6 Å². The fourth-order valence-corrected chi connectivity index (χ4v) is 2.55. The summed E-state index contributed by atoms with van der Waals surface area (Å²) in [6, 6.07) is 20.6. The van der Waals surface area contributed by atoms with Crippen LogP contribution in [-0.4, -0.2) is 11.8 Å². The minimum Gasteiger partial charge on any atom is -0.326 e. The highest BCUT2D eigenvalue weighted by molar-refractivity contribution is 6.13. The molecule has 2 N–H and O–H groups in total. The Morgan fingerprint density at radius 3 is 2.29 bits per heavy atom. The first-order valence-electron chi connectivity index (χ1n) is 7.86. The van der Waals surface area contributed by atoms with Gasteiger partial charge < -0.3 is 10.6 Å². The number of hydrogen-bond donors (Lipinski definition) is 2. The summed E-state index contributed by atoms with van der Waals surface area (Å²) in [5.41, 5.74) is 1.93. The molecule has 2 amide bonds. The molecule has 0 heterocycles. The van der Waals surface area contributed by atoms with Crippen LogP contribution in [0.5, 0.6) is 0 Å². The van der Waals surface area contributed by atoms with Crippen LogP contribution in [0.15, 0.2) is 66.7 Å². The third-order valence-corrected chi connectivity index (χ3v) is 3.76. The van der Waals surface area contributed by atoms with Crippen LogP contribution in [0.2, 0.25) is 0 Å². The largest absolute Gasteiger partial charge is 0.326 e. The first-order chi connectivity index (χ1) is 11.7. The normalized spacial score (nSPS) is 10.4. The molecular weight excluding hydrogens is 300 g/mol. The third kappa shape index (κ3) is 3.43. The molecule has 0 aliphatic carbocycles. The summed E-state index contributed by atoms with van der Waals surface area (Å²) in [5, 5.41) is 7.61. The Bertz CT molecular complexity index is 898. The molecule has 0 aliphatic rings. The van der Waals surface area contributed by atoms with Crippen molar-refractivity contribution in [3.05, 3.63) is 72.3 Å². The molecule has 120 valence electrons. The minimum absolute atomic E-state index is 0.0625. The maximum absolute atomic E-state index is 12.6. The van der Waals surface area contributed by atoms with Crippen molar-refractivity contribution < 1.29 is 9.59 Å². The van der Waals surface area contributed by atoms with E-state index < -0.39 is 0 Å². The second kappa shape index (κ2) is 6.96. The van der Waals surface area contributed by atoms with Crippen molar-refractivity contribution in [2.45, 2.75) is 13.3 Å². The first-order valence-corrected chi connectivity index (χ1v) is 7.86. The van der Waals surface area contributed by atoms with E-state index in [0.29, 0.717) is 23.4 Å². The number of benzene rings is 3. The number of amides is 2. The van der Waals surface area contributed by atoms with Gasteiger partial charge in [0.2, 0.25) is 5.91 Å². The SMILES string of the molecule is CCC(=O)Nc1cccc(NC(=O)c2cccc3ccccc23)c1. The zero-order valence-electron chi connectivity index (χ0n) is 13.4. The topological polar surface area (TPSA) is 58.2 Å². The fourth-order valence-electron chi connectivity index (χ4n) is 2.55. The molecule has 0 radical (unpaired) electrons. The smallest absolute Gasteiger partial charge is 0.256 e. The average Bonchev–Trinajstić information content (AvgIpc) is 2.61. The van der Waals surface area contributed by atoms with Crippen molar-refractivity contribution in [2.24, 2.45) is 0 Å². The molecular formula is C20H18N2O2. The van der Waals surface area contributed by atoms with Crippen molar-refractivity contribution >= 4 is 34.0 Å². The van der Waals surface area contributed by atoms with Crippen molar-refractivity contribution in [1.82, 2.24) is 0 Å². The van der Waals surface area contributed by atoms with E-state index in [1.165, 1.54) is 0 Å². The highest BCUT2D eigenvalue weighted by Gasteiger charge is 2.10. The van der Waals surface area contributed by atoms with Gasteiger partial charge in [-0.15, -0.1) is 0 Å². The maximum Gasteiger partial charge on any atom is 0.256 e. The molecule has 0 aromatic heterocycles. The predicted molar refractivity (Wildman–Crippen MR) is 97.3 cm³/mol. The molecule has 4 nitrogen and oxygen atoms in total. The van der Waals surface area contributed by atoms with Gasteiger partial charge in [-0.05, 0) is 35.0 Å². The van der Waals surface area contributed by atoms with Crippen LogP contribution in [0, 0.1) is 0 Å². The quantitative estimate of drug-likeness (QED) is 0.747. The number of rotatable bonds is 4. The van der Waals surface area contributed by atoms with E-state index in [0.717, 1.165) is 10.8 Å². The first kappa shape index (κ1) is 15.7. The summed E-state index contributed by atoms with van der Waals surface area (Å²) in [7, 11) is 0. The molecule has 0 aliphatic heterocycles. The van der Waals surface area contributed by atoms with Gasteiger partial charge >= 0.3 is 0 Å². The molecule has 0 unspecified atom stereocenters. The van der Waals surface area contributed by atoms with Gasteiger partial charge in [0.05, 0.1) is 0 Å². The molecule has 4 heteroatoms. The molecule has 0 spiro atoms. The Labute approximate surface area is 140 Å². The molecule has 0 atom stereocenters. The number of fused-ring (bicyclic) bond motifs is 1. The number of carbonyl (C=O) groups is 2. The number of carbonyl (C=O) groups excluding carboxylic acids is 2. The second-order valence-corrected chi connectivity index (χ2v) is 5.46. The second-order valence-electron chi connectivity index (χ2n) is 5.46. The van der Waals surface area contributed by atoms with Gasteiger partial charge in [-0.2, -0.15) is 0 Å². The van der Waals surface area contributed by atoms with E-state index in [2.05, 4.69) is 10.6 Å². The monoisotopic (exact) mass is 318 g/mol. The van der Waals surface area contributed by atoms with Crippen LogP contribution >= 0.6 is 0 Å². The maximum atomic E-state index is 12.6. The lowest BCUT2D eigenvalue weighted by molar-refractivity contribution is -0.115. The van der Waals surface area contributed by atoms with Crippen LogP contribution < -0.4 is 10.6 Å². The summed E-state index contributed by atoms with van der Waals surface area (Å²) in [4.78, 5) is 24.1. The van der Waals surface area contributed by atoms with Gasteiger partial charge in [-0.1, -0.05) is 49.4 Å². The number of nitrogens with one attached hydrogen (secondary N) is 2. The molecule has 0 saturated heterocycles. The van der Waals surface area contributed by atoms with Gasteiger partial charge in [0.1, 0.15) is 0 Å². The van der Waals surface area contributed by atoms with Gasteiger partial charge in [0.15, 0.2) is 0 Å².